The summed E-state index contributed by atoms with van der Waals surface area (Å²) in [6.45, 7) is 0. The Morgan fingerprint density at radius 1 is 1.00 bits per heavy atom. The van der Waals surface area contributed by atoms with E-state index in [1.165, 1.54) is 0 Å². The molecule has 0 spiro atoms. The fraction of sp³-hybridized carbons (Fsp3) is 0.316. The van der Waals surface area contributed by atoms with Gasteiger partial charge in [-0.15, -0.1) is 0 Å². The smallest absolute Gasteiger partial charge is 0.165 e. The number of Topliss-reactive ketones (excluding diaryl/α,β-unsaturated/α-hetero) is 1. The maximum absolute atomic E-state index is 12.3. The minimum atomic E-state index is -0.424. The van der Waals surface area contributed by atoms with Crippen molar-refractivity contribution in [1.82, 2.24) is 0 Å². The third kappa shape index (κ3) is 3.62. The van der Waals surface area contributed by atoms with Gasteiger partial charge < -0.3 is 9.84 Å². The number of rotatable bonds is 4. The summed E-state index contributed by atoms with van der Waals surface area (Å²) in [5.41, 5.74) is 1.75. The van der Waals surface area contributed by atoms with Gasteiger partial charge in [0.1, 0.15) is 0 Å². The Bertz CT molecular complexity index is 609. The minimum absolute atomic E-state index is 0.0616. The third-order valence-electron chi connectivity index (χ3n) is 4.06. The highest BCUT2D eigenvalue weighted by Crippen LogP contribution is 2.32. The summed E-state index contributed by atoms with van der Waals surface area (Å²) in [5, 5.41) is 10.1. The largest absolute Gasteiger partial charge is 0.393 e. The van der Waals surface area contributed by atoms with Crippen LogP contribution in [-0.4, -0.2) is 23.1 Å². The molecule has 3 atom stereocenters. The number of ether oxygens (including phenoxy) is 1. The van der Waals surface area contributed by atoms with Crippen molar-refractivity contribution in [2.24, 2.45) is 0 Å². The summed E-state index contributed by atoms with van der Waals surface area (Å²) in [4.78, 5) is 12.3. The highest BCUT2D eigenvalue weighted by Gasteiger charge is 2.30. The molecule has 1 heterocycles. The topological polar surface area (TPSA) is 46.5 Å². The van der Waals surface area contributed by atoms with Crippen LogP contribution in [0.4, 0.5) is 0 Å². The zero-order valence-electron chi connectivity index (χ0n) is 12.4. The molecule has 0 aromatic heterocycles. The number of hydrogen-bond donors (Lipinski definition) is 1. The van der Waals surface area contributed by atoms with E-state index in [1.54, 1.807) is 0 Å². The SMILES string of the molecule is O=C(CC1C[C@H](O)C[C@@H](c2ccccc2)O1)c1ccccc1. The fourth-order valence-electron chi connectivity index (χ4n) is 2.95. The zero-order chi connectivity index (χ0) is 15.4. The molecule has 1 aliphatic rings. The van der Waals surface area contributed by atoms with Gasteiger partial charge in [0.15, 0.2) is 5.78 Å². The second-order valence-electron chi connectivity index (χ2n) is 5.78. The molecule has 114 valence electrons. The van der Waals surface area contributed by atoms with E-state index in [0.717, 1.165) is 5.56 Å². The summed E-state index contributed by atoms with van der Waals surface area (Å²) in [6.07, 6.45) is 0.611. The van der Waals surface area contributed by atoms with E-state index in [0.29, 0.717) is 24.8 Å². The standard InChI is InChI=1S/C19H20O3/c20-16-11-17(13-18(21)14-7-3-1-4-8-14)22-19(12-16)15-9-5-2-6-10-15/h1-10,16-17,19-20H,11-13H2/t16-,17?,19-/m0/s1. The summed E-state index contributed by atoms with van der Waals surface area (Å²) < 4.78 is 6.05. The van der Waals surface area contributed by atoms with E-state index in [2.05, 4.69) is 0 Å². The summed E-state index contributed by atoms with van der Waals surface area (Å²) in [5.74, 6) is 0.0616. The molecule has 0 radical (unpaired) electrons. The van der Waals surface area contributed by atoms with Crippen molar-refractivity contribution in [2.45, 2.75) is 37.6 Å². The fourth-order valence-corrected chi connectivity index (χ4v) is 2.95. The third-order valence-corrected chi connectivity index (χ3v) is 4.06. The van der Waals surface area contributed by atoms with Crippen molar-refractivity contribution in [1.29, 1.82) is 0 Å². The van der Waals surface area contributed by atoms with E-state index in [4.69, 9.17) is 4.74 Å². The predicted molar refractivity (Wildman–Crippen MR) is 84.7 cm³/mol. The Morgan fingerprint density at radius 2 is 1.64 bits per heavy atom. The lowest BCUT2D eigenvalue weighted by Crippen LogP contribution is -2.32. The summed E-state index contributed by atoms with van der Waals surface area (Å²) in [6, 6.07) is 19.1. The van der Waals surface area contributed by atoms with Gasteiger partial charge in [0.2, 0.25) is 0 Å². The van der Waals surface area contributed by atoms with Crippen molar-refractivity contribution in [2.75, 3.05) is 0 Å². The van der Waals surface area contributed by atoms with Crippen LogP contribution in [0.25, 0.3) is 0 Å². The lowest BCUT2D eigenvalue weighted by atomic mass is 9.93. The number of carbonyl (C=O) groups excluding carboxylic acids is 1. The molecule has 1 unspecified atom stereocenters. The van der Waals surface area contributed by atoms with Crippen LogP contribution in [0.15, 0.2) is 60.7 Å². The van der Waals surface area contributed by atoms with Gasteiger partial charge in [0.05, 0.1) is 18.3 Å². The second kappa shape index (κ2) is 6.86. The van der Waals surface area contributed by atoms with Gasteiger partial charge >= 0.3 is 0 Å². The maximum atomic E-state index is 12.3. The first-order valence-electron chi connectivity index (χ1n) is 7.69. The molecule has 2 aromatic rings. The number of carbonyl (C=O) groups is 1. The number of ketones is 1. The molecule has 0 amide bonds. The average Bonchev–Trinajstić information content (AvgIpc) is 2.56. The maximum Gasteiger partial charge on any atom is 0.165 e. The van der Waals surface area contributed by atoms with Crippen LogP contribution in [0.1, 0.15) is 41.3 Å². The summed E-state index contributed by atoms with van der Waals surface area (Å²) >= 11 is 0. The van der Waals surface area contributed by atoms with Crippen LogP contribution in [0, 0.1) is 0 Å². The van der Waals surface area contributed by atoms with E-state index in [9.17, 15) is 9.90 Å². The molecule has 3 heteroatoms. The molecular weight excluding hydrogens is 276 g/mol. The van der Waals surface area contributed by atoms with E-state index >= 15 is 0 Å². The highest BCUT2D eigenvalue weighted by atomic mass is 16.5. The number of hydrogen-bond acceptors (Lipinski definition) is 3. The molecule has 1 fully saturated rings. The van der Waals surface area contributed by atoms with Crippen LogP contribution in [-0.2, 0) is 4.74 Å². The van der Waals surface area contributed by atoms with Crippen molar-refractivity contribution >= 4 is 5.78 Å². The molecule has 0 aliphatic carbocycles. The van der Waals surface area contributed by atoms with Crippen LogP contribution >= 0.6 is 0 Å². The van der Waals surface area contributed by atoms with Crippen LogP contribution in [0.2, 0.25) is 0 Å². The number of aliphatic hydroxyl groups excluding tert-OH is 1. The van der Waals surface area contributed by atoms with Gasteiger partial charge in [-0.25, -0.2) is 0 Å². The quantitative estimate of drug-likeness (QED) is 0.878. The monoisotopic (exact) mass is 296 g/mol. The molecule has 1 aliphatic heterocycles. The highest BCUT2D eigenvalue weighted by molar-refractivity contribution is 5.96. The lowest BCUT2D eigenvalue weighted by molar-refractivity contribution is -0.0962. The Hall–Kier alpha value is -1.97. The van der Waals surface area contributed by atoms with Gasteiger partial charge in [-0.2, -0.15) is 0 Å². The van der Waals surface area contributed by atoms with Crippen molar-refractivity contribution in [3.8, 4) is 0 Å². The Balaban J connectivity index is 1.68. The van der Waals surface area contributed by atoms with E-state index < -0.39 is 6.10 Å². The molecule has 3 rings (SSSR count). The van der Waals surface area contributed by atoms with Crippen molar-refractivity contribution in [3.05, 3.63) is 71.8 Å². The number of benzene rings is 2. The van der Waals surface area contributed by atoms with E-state index in [-0.39, 0.29) is 18.0 Å². The van der Waals surface area contributed by atoms with Gasteiger partial charge in [0, 0.05) is 24.8 Å². The first-order valence-corrected chi connectivity index (χ1v) is 7.69. The van der Waals surface area contributed by atoms with Crippen LogP contribution < -0.4 is 0 Å². The lowest BCUT2D eigenvalue weighted by Gasteiger charge is -2.33. The van der Waals surface area contributed by atoms with Gasteiger partial charge in [-0.05, 0) is 5.56 Å². The first kappa shape index (κ1) is 14.9. The molecule has 22 heavy (non-hydrogen) atoms. The Labute approximate surface area is 130 Å². The Morgan fingerprint density at radius 3 is 2.32 bits per heavy atom. The van der Waals surface area contributed by atoms with Gasteiger partial charge in [-0.3, -0.25) is 4.79 Å². The molecule has 1 saturated heterocycles. The Kier molecular flexibility index (Phi) is 4.66. The normalized spacial score (nSPS) is 24.9. The first-order chi connectivity index (χ1) is 10.7. The molecule has 0 bridgehead atoms. The molecule has 1 N–H and O–H groups in total. The number of aliphatic hydroxyl groups is 1. The van der Waals surface area contributed by atoms with E-state index in [1.807, 2.05) is 60.7 Å². The second-order valence-corrected chi connectivity index (χ2v) is 5.78. The summed E-state index contributed by atoms with van der Waals surface area (Å²) in [7, 11) is 0. The van der Waals surface area contributed by atoms with Crippen LogP contribution in [0.3, 0.4) is 0 Å². The molecule has 2 aromatic carbocycles. The zero-order valence-corrected chi connectivity index (χ0v) is 12.4. The molecule has 3 nitrogen and oxygen atoms in total. The molecular formula is C19H20O3. The van der Waals surface area contributed by atoms with Crippen LogP contribution in [0.5, 0.6) is 0 Å². The van der Waals surface area contributed by atoms with Crippen molar-refractivity contribution in [3.63, 3.8) is 0 Å². The van der Waals surface area contributed by atoms with Gasteiger partial charge in [0.25, 0.3) is 0 Å². The average molecular weight is 296 g/mol. The minimum Gasteiger partial charge on any atom is -0.393 e. The van der Waals surface area contributed by atoms with Crippen molar-refractivity contribution < 1.29 is 14.6 Å². The van der Waals surface area contributed by atoms with Gasteiger partial charge in [-0.1, -0.05) is 60.7 Å². The molecule has 0 saturated carbocycles. The predicted octanol–water partition coefficient (Wildman–Crippen LogP) is 3.54.